The number of carbonyl (C=O) groups is 1. The molecule has 0 saturated carbocycles. The summed E-state index contributed by atoms with van der Waals surface area (Å²) >= 11 is 0. The third-order valence-electron chi connectivity index (χ3n) is 2.53. The number of aliphatic imine (C=N–C) groups is 1. The van der Waals surface area contributed by atoms with Crippen molar-refractivity contribution in [3.05, 3.63) is 54.0 Å². The van der Waals surface area contributed by atoms with Gasteiger partial charge in [0.25, 0.3) is 0 Å². The summed E-state index contributed by atoms with van der Waals surface area (Å²) in [4.78, 5) is 15.6. The van der Waals surface area contributed by atoms with Crippen LogP contribution in [0.15, 0.2) is 52.3 Å². The molecule has 0 amide bonds. The Hall–Kier alpha value is -2.56. The van der Waals surface area contributed by atoms with Gasteiger partial charge in [0, 0.05) is 11.1 Å². The molecular formula is C14H12NO4-. The summed E-state index contributed by atoms with van der Waals surface area (Å²) in [7, 11) is 1.52. The van der Waals surface area contributed by atoms with Gasteiger partial charge in [-0.2, -0.15) is 0 Å². The second-order valence-corrected chi connectivity index (χ2v) is 3.79. The Kier molecular flexibility index (Phi) is 3.97. The van der Waals surface area contributed by atoms with Crippen molar-refractivity contribution in [3.8, 4) is 5.75 Å². The maximum atomic E-state index is 11.9. The molecular weight excluding hydrogens is 246 g/mol. The van der Waals surface area contributed by atoms with Crippen LogP contribution in [0.2, 0.25) is 0 Å². The van der Waals surface area contributed by atoms with Gasteiger partial charge in [0.05, 0.1) is 19.6 Å². The van der Waals surface area contributed by atoms with E-state index >= 15 is 0 Å². The highest BCUT2D eigenvalue weighted by atomic mass is 16.5. The fourth-order valence-corrected chi connectivity index (χ4v) is 1.51. The van der Waals surface area contributed by atoms with Crippen molar-refractivity contribution in [3.63, 3.8) is 0 Å². The average molecular weight is 258 g/mol. The van der Waals surface area contributed by atoms with Crippen molar-refractivity contribution in [2.45, 2.75) is 0 Å². The molecule has 0 spiro atoms. The molecule has 0 saturated heterocycles. The summed E-state index contributed by atoms with van der Waals surface area (Å²) < 4.78 is 9.80. The van der Waals surface area contributed by atoms with Gasteiger partial charge < -0.3 is 14.3 Å². The van der Waals surface area contributed by atoms with Crippen LogP contribution in [-0.4, -0.2) is 25.3 Å². The molecule has 1 aromatic heterocycles. The number of hydrogen-bond donors (Lipinski definition) is 0. The predicted molar refractivity (Wildman–Crippen MR) is 67.4 cm³/mol. The van der Waals surface area contributed by atoms with Crippen molar-refractivity contribution < 1.29 is 19.1 Å². The van der Waals surface area contributed by atoms with Gasteiger partial charge in [-0.05, 0) is 24.1 Å². The summed E-state index contributed by atoms with van der Waals surface area (Å²) in [5.41, 5.74) is 0.793. The first-order valence-corrected chi connectivity index (χ1v) is 5.62. The topological polar surface area (TPSA) is 74.9 Å². The summed E-state index contributed by atoms with van der Waals surface area (Å²) in [5, 5.41) is 11.6. The summed E-state index contributed by atoms with van der Waals surface area (Å²) in [6.45, 7) is -0.197. The van der Waals surface area contributed by atoms with E-state index in [1.54, 1.807) is 24.3 Å². The molecule has 0 aliphatic carbocycles. The molecule has 19 heavy (non-hydrogen) atoms. The zero-order chi connectivity index (χ0) is 13.7. The van der Waals surface area contributed by atoms with Gasteiger partial charge in [0.2, 0.25) is 0 Å². The Bertz CT molecular complexity index is 587. The highest BCUT2D eigenvalue weighted by Gasteiger charge is 2.05. The van der Waals surface area contributed by atoms with Gasteiger partial charge >= 0.3 is 0 Å². The van der Waals surface area contributed by atoms with E-state index in [9.17, 15) is 9.90 Å². The standard InChI is InChI=1S/C14H13NO4/c1-18-12-4-2-3-10(7-12)13(16)8-15-14(17)11-5-6-19-9-11/h2-7,9H,8H2,1H3,(H,15,17)/p-1. The molecule has 0 atom stereocenters. The fraction of sp³-hybridized carbons (Fsp3) is 0.143. The van der Waals surface area contributed by atoms with Crippen LogP contribution in [0.1, 0.15) is 15.9 Å². The highest BCUT2D eigenvalue weighted by Crippen LogP contribution is 2.13. The quantitative estimate of drug-likeness (QED) is 0.460. The normalized spacial score (nSPS) is 11.3. The van der Waals surface area contributed by atoms with Crippen molar-refractivity contribution in [2.75, 3.05) is 13.7 Å². The molecule has 0 aliphatic heterocycles. The van der Waals surface area contributed by atoms with Gasteiger partial charge in [0.1, 0.15) is 12.3 Å². The number of ketones is 1. The first-order valence-electron chi connectivity index (χ1n) is 5.62. The number of ether oxygens (including phenoxy) is 1. The maximum Gasteiger partial charge on any atom is 0.184 e. The van der Waals surface area contributed by atoms with Crippen molar-refractivity contribution >= 4 is 11.7 Å². The lowest BCUT2D eigenvalue weighted by Crippen LogP contribution is -2.20. The predicted octanol–water partition coefficient (Wildman–Crippen LogP) is 1.28. The lowest BCUT2D eigenvalue weighted by atomic mass is 10.1. The Balaban J connectivity index is 2.07. The number of furan rings is 1. The van der Waals surface area contributed by atoms with Crippen molar-refractivity contribution in [2.24, 2.45) is 4.99 Å². The summed E-state index contributed by atoms with van der Waals surface area (Å²) in [5.74, 6) is -0.118. The van der Waals surface area contributed by atoms with E-state index in [2.05, 4.69) is 4.99 Å². The minimum Gasteiger partial charge on any atom is -0.858 e. The number of nitrogens with zero attached hydrogens (tertiary/aromatic N) is 1. The molecule has 0 radical (unpaired) electrons. The maximum absolute atomic E-state index is 11.9. The molecule has 0 N–H and O–H groups in total. The minimum absolute atomic E-state index is 0.197. The number of benzene rings is 1. The van der Waals surface area contributed by atoms with Crippen LogP contribution >= 0.6 is 0 Å². The molecule has 5 nitrogen and oxygen atoms in total. The Morgan fingerprint density at radius 2 is 2.21 bits per heavy atom. The Labute approximate surface area is 110 Å². The molecule has 98 valence electrons. The molecule has 0 unspecified atom stereocenters. The molecule has 2 rings (SSSR count). The zero-order valence-corrected chi connectivity index (χ0v) is 10.3. The average Bonchev–Trinajstić information content (AvgIpc) is 2.98. The van der Waals surface area contributed by atoms with Crippen LogP contribution in [0.3, 0.4) is 0 Å². The Morgan fingerprint density at radius 3 is 2.89 bits per heavy atom. The van der Waals surface area contributed by atoms with Crippen LogP contribution in [0.4, 0.5) is 0 Å². The number of methoxy groups -OCH3 is 1. The molecule has 2 aromatic rings. The first-order chi connectivity index (χ1) is 9.20. The lowest BCUT2D eigenvalue weighted by molar-refractivity contribution is -0.213. The first kappa shape index (κ1) is 12.9. The summed E-state index contributed by atoms with van der Waals surface area (Å²) in [6, 6.07) is 8.22. The number of Topliss-reactive ketones (excluding diaryl/α,β-unsaturated/α-hetero) is 1. The van der Waals surface area contributed by atoms with E-state index in [0.717, 1.165) is 0 Å². The lowest BCUT2D eigenvalue weighted by Gasteiger charge is -2.07. The van der Waals surface area contributed by atoms with E-state index in [1.807, 2.05) is 0 Å². The fourth-order valence-electron chi connectivity index (χ4n) is 1.51. The van der Waals surface area contributed by atoms with Crippen molar-refractivity contribution in [1.29, 1.82) is 0 Å². The molecule has 0 bridgehead atoms. The largest absolute Gasteiger partial charge is 0.858 e. The Morgan fingerprint density at radius 1 is 1.37 bits per heavy atom. The van der Waals surface area contributed by atoms with Crippen LogP contribution in [0.25, 0.3) is 0 Å². The minimum atomic E-state index is -0.468. The zero-order valence-electron chi connectivity index (χ0n) is 10.3. The van der Waals surface area contributed by atoms with E-state index in [0.29, 0.717) is 16.9 Å². The van der Waals surface area contributed by atoms with Crippen molar-refractivity contribution in [1.82, 2.24) is 0 Å². The second kappa shape index (κ2) is 5.86. The van der Waals surface area contributed by atoms with Crippen LogP contribution < -0.4 is 9.84 Å². The van der Waals surface area contributed by atoms with Gasteiger partial charge in [0.15, 0.2) is 5.78 Å². The van der Waals surface area contributed by atoms with Crippen LogP contribution in [0.5, 0.6) is 5.75 Å². The molecule has 0 aliphatic rings. The van der Waals surface area contributed by atoms with Gasteiger partial charge in [-0.25, -0.2) is 0 Å². The van der Waals surface area contributed by atoms with E-state index < -0.39 is 5.90 Å². The third-order valence-corrected chi connectivity index (χ3v) is 2.53. The molecule has 1 heterocycles. The second-order valence-electron chi connectivity index (χ2n) is 3.79. The smallest absolute Gasteiger partial charge is 0.184 e. The van der Waals surface area contributed by atoms with Crippen LogP contribution in [-0.2, 0) is 0 Å². The monoisotopic (exact) mass is 258 g/mol. The van der Waals surface area contributed by atoms with Gasteiger partial charge in [-0.15, -0.1) is 0 Å². The molecule has 1 aromatic carbocycles. The van der Waals surface area contributed by atoms with E-state index in [1.165, 1.54) is 25.7 Å². The van der Waals surface area contributed by atoms with Gasteiger partial charge in [-0.3, -0.25) is 9.79 Å². The number of rotatable bonds is 5. The number of carbonyl (C=O) groups excluding carboxylic acids is 1. The molecule has 0 fully saturated rings. The van der Waals surface area contributed by atoms with E-state index in [-0.39, 0.29) is 12.3 Å². The highest BCUT2D eigenvalue weighted by molar-refractivity contribution is 6.00. The van der Waals surface area contributed by atoms with Crippen LogP contribution in [0, 0.1) is 0 Å². The molecule has 5 heteroatoms. The third kappa shape index (κ3) is 3.22. The summed E-state index contributed by atoms with van der Waals surface area (Å²) in [6.07, 6.45) is 2.68. The SMILES string of the molecule is COc1cccc(C(=O)CN=C([O-])c2ccoc2)c1. The number of hydrogen-bond acceptors (Lipinski definition) is 5. The van der Waals surface area contributed by atoms with Gasteiger partial charge in [-0.1, -0.05) is 12.1 Å². The van der Waals surface area contributed by atoms with E-state index in [4.69, 9.17) is 9.15 Å².